The molecule has 20 heavy (non-hydrogen) atoms. The number of rotatable bonds is 3. The SMILES string of the molecule is Cc1ccccc1C(N)=Nc1ccc(S(C)(=O)=O)cc1. The van der Waals surface area contributed by atoms with E-state index >= 15 is 0 Å². The van der Waals surface area contributed by atoms with E-state index in [0.717, 1.165) is 11.1 Å². The molecule has 0 fully saturated rings. The minimum atomic E-state index is -3.19. The molecule has 0 unspecified atom stereocenters. The molecule has 0 aromatic heterocycles. The Kier molecular flexibility index (Phi) is 3.90. The van der Waals surface area contributed by atoms with Crippen LogP contribution in [0.5, 0.6) is 0 Å². The first-order valence-electron chi connectivity index (χ1n) is 6.08. The predicted octanol–water partition coefficient (Wildman–Crippen LogP) is 2.44. The summed E-state index contributed by atoms with van der Waals surface area (Å²) in [5, 5.41) is 0. The third-order valence-corrected chi connectivity index (χ3v) is 4.06. The summed E-state index contributed by atoms with van der Waals surface area (Å²) in [6, 6.07) is 14.0. The fraction of sp³-hybridized carbons (Fsp3) is 0.133. The van der Waals surface area contributed by atoms with E-state index in [2.05, 4.69) is 4.99 Å². The van der Waals surface area contributed by atoms with Gasteiger partial charge in [0.2, 0.25) is 0 Å². The van der Waals surface area contributed by atoms with Crippen molar-refractivity contribution in [3.8, 4) is 0 Å². The van der Waals surface area contributed by atoms with Crippen molar-refractivity contribution in [1.29, 1.82) is 0 Å². The Bertz CT molecular complexity index is 748. The van der Waals surface area contributed by atoms with Crippen LogP contribution in [0.1, 0.15) is 11.1 Å². The molecule has 0 spiro atoms. The Hall–Kier alpha value is -2.14. The number of amidine groups is 1. The van der Waals surface area contributed by atoms with Crippen LogP contribution < -0.4 is 5.73 Å². The number of hydrogen-bond acceptors (Lipinski definition) is 3. The highest BCUT2D eigenvalue weighted by Crippen LogP contribution is 2.17. The van der Waals surface area contributed by atoms with Crippen LogP contribution >= 0.6 is 0 Å². The Balaban J connectivity index is 2.34. The quantitative estimate of drug-likeness (QED) is 0.696. The van der Waals surface area contributed by atoms with Gasteiger partial charge in [0.05, 0.1) is 10.6 Å². The molecule has 4 nitrogen and oxygen atoms in total. The van der Waals surface area contributed by atoms with Crippen LogP contribution in [0.25, 0.3) is 0 Å². The van der Waals surface area contributed by atoms with Crippen molar-refractivity contribution in [3.63, 3.8) is 0 Å². The maximum absolute atomic E-state index is 11.4. The van der Waals surface area contributed by atoms with Gasteiger partial charge in [-0.15, -0.1) is 0 Å². The van der Waals surface area contributed by atoms with Crippen molar-refractivity contribution in [2.45, 2.75) is 11.8 Å². The van der Waals surface area contributed by atoms with Crippen LogP contribution in [0, 0.1) is 6.92 Å². The van der Waals surface area contributed by atoms with Crippen molar-refractivity contribution in [2.75, 3.05) is 6.26 Å². The molecule has 0 saturated heterocycles. The number of aryl methyl sites for hydroxylation is 1. The number of hydrogen-bond donors (Lipinski definition) is 1. The maximum atomic E-state index is 11.4. The van der Waals surface area contributed by atoms with Crippen LogP contribution in [-0.4, -0.2) is 20.5 Å². The smallest absolute Gasteiger partial charge is 0.175 e. The lowest BCUT2D eigenvalue weighted by molar-refractivity contribution is 0.602. The van der Waals surface area contributed by atoms with Crippen molar-refractivity contribution < 1.29 is 8.42 Å². The van der Waals surface area contributed by atoms with E-state index in [1.807, 2.05) is 31.2 Å². The molecular weight excluding hydrogens is 272 g/mol. The average molecular weight is 288 g/mol. The normalized spacial score (nSPS) is 12.4. The van der Waals surface area contributed by atoms with E-state index in [1.54, 1.807) is 12.1 Å². The van der Waals surface area contributed by atoms with Gasteiger partial charge in [-0.25, -0.2) is 13.4 Å². The third kappa shape index (κ3) is 3.24. The summed E-state index contributed by atoms with van der Waals surface area (Å²) < 4.78 is 22.7. The maximum Gasteiger partial charge on any atom is 0.175 e. The molecule has 0 aliphatic carbocycles. The predicted molar refractivity (Wildman–Crippen MR) is 81.1 cm³/mol. The van der Waals surface area contributed by atoms with E-state index in [4.69, 9.17) is 5.73 Å². The van der Waals surface area contributed by atoms with Crippen molar-refractivity contribution in [2.24, 2.45) is 10.7 Å². The molecule has 2 rings (SSSR count). The van der Waals surface area contributed by atoms with Gasteiger partial charge in [-0.1, -0.05) is 24.3 Å². The number of aliphatic imine (C=N–C) groups is 1. The average Bonchev–Trinajstić information content (AvgIpc) is 2.38. The van der Waals surface area contributed by atoms with E-state index in [9.17, 15) is 8.42 Å². The standard InChI is InChI=1S/C15H16N2O2S/c1-11-5-3-4-6-14(11)15(16)17-12-7-9-13(10-8-12)20(2,18)19/h3-10H,1-2H3,(H2,16,17). The Labute approximate surface area is 118 Å². The first kappa shape index (κ1) is 14.3. The van der Waals surface area contributed by atoms with Crippen LogP contribution in [0.4, 0.5) is 5.69 Å². The zero-order valence-electron chi connectivity index (χ0n) is 11.4. The molecule has 0 aliphatic heterocycles. The Morgan fingerprint density at radius 2 is 1.65 bits per heavy atom. The fourth-order valence-corrected chi connectivity index (χ4v) is 2.46. The molecule has 0 saturated carbocycles. The van der Waals surface area contributed by atoms with Gasteiger partial charge in [-0.2, -0.15) is 0 Å². The molecule has 0 radical (unpaired) electrons. The second kappa shape index (κ2) is 5.46. The van der Waals surface area contributed by atoms with Gasteiger partial charge in [-0.05, 0) is 36.8 Å². The lowest BCUT2D eigenvalue weighted by Gasteiger charge is -2.05. The fourth-order valence-electron chi connectivity index (χ4n) is 1.83. The Morgan fingerprint density at radius 3 is 2.20 bits per heavy atom. The molecule has 0 amide bonds. The first-order chi connectivity index (χ1) is 9.38. The highest BCUT2D eigenvalue weighted by atomic mass is 32.2. The van der Waals surface area contributed by atoms with Gasteiger partial charge in [-0.3, -0.25) is 0 Å². The van der Waals surface area contributed by atoms with Crippen molar-refractivity contribution in [3.05, 3.63) is 59.7 Å². The summed E-state index contributed by atoms with van der Waals surface area (Å²) in [7, 11) is -3.19. The zero-order chi connectivity index (χ0) is 14.8. The van der Waals surface area contributed by atoms with Gasteiger partial charge in [0.15, 0.2) is 9.84 Å². The molecule has 0 aliphatic rings. The molecular formula is C15H16N2O2S. The second-order valence-electron chi connectivity index (χ2n) is 4.58. The third-order valence-electron chi connectivity index (χ3n) is 2.94. The number of nitrogens with zero attached hydrogens (tertiary/aromatic N) is 1. The molecule has 2 N–H and O–H groups in total. The largest absolute Gasteiger partial charge is 0.383 e. The molecule has 2 aromatic carbocycles. The van der Waals surface area contributed by atoms with Crippen LogP contribution in [0.3, 0.4) is 0 Å². The second-order valence-corrected chi connectivity index (χ2v) is 6.59. The highest BCUT2D eigenvalue weighted by Gasteiger charge is 2.06. The Morgan fingerprint density at radius 1 is 1.05 bits per heavy atom. The molecule has 0 bridgehead atoms. The molecule has 104 valence electrons. The number of nitrogens with two attached hydrogens (primary N) is 1. The van der Waals surface area contributed by atoms with Crippen LogP contribution in [-0.2, 0) is 9.84 Å². The van der Waals surface area contributed by atoms with E-state index in [0.29, 0.717) is 11.5 Å². The molecule has 5 heteroatoms. The minimum Gasteiger partial charge on any atom is -0.383 e. The van der Waals surface area contributed by atoms with Crippen LogP contribution in [0.15, 0.2) is 58.4 Å². The zero-order valence-corrected chi connectivity index (χ0v) is 12.2. The summed E-state index contributed by atoms with van der Waals surface area (Å²) >= 11 is 0. The van der Waals surface area contributed by atoms with Gasteiger partial charge >= 0.3 is 0 Å². The summed E-state index contributed by atoms with van der Waals surface area (Å²) in [5.41, 5.74) is 8.52. The van der Waals surface area contributed by atoms with Gasteiger partial charge in [0, 0.05) is 11.8 Å². The summed E-state index contributed by atoms with van der Waals surface area (Å²) in [5.74, 6) is 0.412. The molecule has 0 atom stereocenters. The van der Waals surface area contributed by atoms with E-state index in [-0.39, 0.29) is 4.90 Å². The molecule has 2 aromatic rings. The highest BCUT2D eigenvalue weighted by molar-refractivity contribution is 7.90. The summed E-state index contributed by atoms with van der Waals surface area (Å²) in [6.07, 6.45) is 1.17. The van der Waals surface area contributed by atoms with Crippen molar-refractivity contribution >= 4 is 21.4 Å². The summed E-state index contributed by atoms with van der Waals surface area (Å²) in [6.45, 7) is 1.96. The number of sulfone groups is 1. The topological polar surface area (TPSA) is 72.5 Å². The summed E-state index contributed by atoms with van der Waals surface area (Å²) in [4.78, 5) is 4.58. The van der Waals surface area contributed by atoms with Crippen LogP contribution in [0.2, 0.25) is 0 Å². The van der Waals surface area contributed by atoms with E-state index in [1.165, 1.54) is 18.4 Å². The lowest BCUT2D eigenvalue weighted by Crippen LogP contribution is -2.14. The number of benzene rings is 2. The minimum absolute atomic E-state index is 0.269. The van der Waals surface area contributed by atoms with Crippen molar-refractivity contribution in [1.82, 2.24) is 0 Å². The monoisotopic (exact) mass is 288 g/mol. The van der Waals surface area contributed by atoms with Gasteiger partial charge in [0.1, 0.15) is 5.84 Å². The lowest BCUT2D eigenvalue weighted by atomic mass is 10.1. The molecule has 0 heterocycles. The van der Waals surface area contributed by atoms with E-state index < -0.39 is 9.84 Å². The van der Waals surface area contributed by atoms with Gasteiger partial charge < -0.3 is 5.73 Å². The first-order valence-corrected chi connectivity index (χ1v) is 7.97. The van der Waals surface area contributed by atoms with Gasteiger partial charge in [0.25, 0.3) is 0 Å².